The largest absolute Gasteiger partial charge is 0.393 e. The summed E-state index contributed by atoms with van der Waals surface area (Å²) >= 11 is 4.85. The van der Waals surface area contributed by atoms with Crippen LogP contribution >= 0.6 is 12.2 Å². The summed E-state index contributed by atoms with van der Waals surface area (Å²) in [6.45, 7) is 5.86. The maximum absolute atomic E-state index is 12.0. The van der Waals surface area contributed by atoms with Crippen LogP contribution in [0.25, 0.3) is 0 Å². The van der Waals surface area contributed by atoms with Gasteiger partial charge in [0, 0.05) is 5.69 Å². The van der Waals surface area contributed by atoms with E-state index >= 15 is 0 Å². The molecule has 0 bridgehead atoms. The lowest BCUT2D eigenvalue weighted by Crippen LogP contribution is -2.31. The molecule has 0 saturated carbocycles. The molecule has 0 heterocycles. The van der Waals surface area contributed by atoms with E-state index < -0.39 is 5.92 Å². The van der Waals surface area contributed by atoms with Gasteiger partial charge in [0.25, 0.3) is 0 Å². The Morgan fingerprint density at radius 3 is 2.22 bits per heavy atom. The van der Waals surface area contributed by atoms with Gasteiger partial charge in [-0.2, -0.15) is 0 Å². The Bertz CT molecular complexity index is 435. The van der Waals surface area contributed by atoms with Crippen molar-refractivity contribution in [3.8, 4) is 0 Å². The van der Waals surface area contributed by atoms with E-state index in [-0.39, 0.29) is 10.9 Å². The molecule has 0 aliphatic rings. The van der Waals surface area contributed by atoms with E-state index in [0.29, 0.717) is 0 Å². The highest BCUT2D eigenvalue weighted by Gasteiger charge is 2.17. The van der Waals surface area contributed by atoms with Crippen LogP contribution in [0.2, 0.25) is 0 Å². The number of para-hydroxylation sites is 1. The minimum Gasteiger partial charge on any atom is -0.393 e. The summed E-state index contributed by atoms with van der Waals surface area (Å²) in [6.07, 6.45) is 1.76. The van der Waals surface area contributed by atoms with Crippen molar-refractivity contribution in [1.82, 2.24) is 0 Å². The monoisotopic (exact) mass is 264 g/mol. The molecule has 1 amide bonds. The molecule has 0 radical (unpaired) electrons. The van der Waals surface area contributed by atoms with Gasteiger partial charge in [0.1, 0.15) is 0 Å². The minimum atomic E-state index is -0.449. The smallest absolute Gasteiger partial charge is 0.234 e. The van der Waals surface area contributed by atoms with Crippen LogP contribution in [0.15, 0.2) is 18.2 Å². The van der Waals surface area contributed by atoms with Gasteiger partial charge >= 0.3 is 0 Å². The number of carbonyl (C=O) groups is 1. The third-order valence-corrected chi connectivity index (χ3v) is 3.42. The van der Waals surface area contributed by atoms with Crippen molar-refractivity contribution in [1.29, 1.82) is 0 Å². The van der Waals surface area contributed by atoms with E-state index in [4.69, 9.17) is 18.0 Å². The molecule has 98 valence electrons. The van der Waals surface area contributed by atoms with E-state index in [2.05, 4.69) is 19.2 Å². The third-order valence-electron chi connectivity index (χ3n) is 3.07. The molecular weight excluding hydrogens is 244 g/mol. The Kier molecular flexibility index (Phi) is 5.28. The standard InChI is InChI=1S/C14H20N2OS/c1-4-10-7-6-8-11(5-2)12(10)16-14(17)9(3)13(15)18/h6-9H,4-5H2,1-3H3,(H2,15,18)(H,16,17). The number of aryl methyl sites for hydroxylation is 2. The lowest BCUT2D eigenvalue weighted by molar-refractivity contribution is -0.117. The van der Waals surface area contributed by atoms with E-state index in [1.807, 2.05) is 18.2 Å². The molecule has 3 N–H and O–H groups in total. The predicted molar refractivity (Wildman–Crippen MR) is 79.8 cm³/mol. The second kappa shape index (κ2) is 6.50. The first-order chi connectivity index (χ1) is 8.51. The van der Waals surface area contributed by atoms with Crippen molar-refractivity contribution >= 4 is 28.8 Å². The van der Waals surface area contributed by atoms with Gasteiger partial charge in [-0.1, -0.05) is 44.3 Å². The zero-order chi connectivity index (χ0) is 13.7. The number of nitrogens with two attached hydrogens (primary N) is 1. The number of nitrogens with one attached hydrogen (secondary N) is 1. The van der Waals surface area contributed by atoms with Crippen molar-refractivity contribution < 1.29 is 4.79 Å². The second-order valence-electron chi connectivity index (χ2n) is 4.27. The fourth-order valence-corrected chi connectivity index (χ4v) is 1.87. The lowest BCUT2D eigenvalue weighted by Gasteiger charge is -2.16. The highest BCUT2D eigenvalue weighted by molar-refractivity contribution is 7.80. The van der Waals surface area contributed by atoms with E-state index in [1.165, 1.54) is 0 Å². The first-order valence-electron chi connectivity index (χ1n) is 6.22. The first-order valence-corrected chi connectivity index (χ1v) is 6.63. The topological polar surface area (TPSA) is 55.1 Å². The first kappa shape index (κ1) is 14.6. The highest BCUT2D eigenvalue weighted by Crippen LogP contribution is 2.23. The van der Waals surface area contributed by atoms with Crippen molar-refractivity contribution in [2.45, 2.75) is 33.6 Å². The van der Waals surface area contributed by atoms with Crippen LogP contribution in [0.5, 0.6) is 0 Å². The van der Waals surface area contributed by atoms with Gasteiger partial charge in [0.05, 0.1) is 10.9 Å². The van der Waals surface area contributed by atoms with Gasteiger partial charge in [-0.15, -0.1) is 0 Å². The fourth-order valence-electron chi connectivity index (χ4n) is 1.76. The van der Waals surface area contributed by atoms with E-state index in [0.717, 1.165) is 29.7 Å². The molecule has 0 saturated heterocycles. The summed E-state index contributed by atoms with van der Waals surface area (Å²) in [6, 6.07) is 6.07. The molecular formula is C14H20N2OS. The lowest BCUT2D eigenvalue weighted by atomic mass is 10.0. The highest BCUT2D eigenvalue weighted by atomic mass is 32.1. The van der Waals surface area contributed by atoms with Gasteiger partial charge in [0.2, 0.25) is 5.91 Å². The van der Waals surface area contributed by atoms with Crippen LogP contribution in [0.4, 0.5) is 5.69 Å². The summed E-state index contributed by atoms with van der Waals surface area (Å²) < 4.78 is 0. The van der Waals surface area contributed by atoms with Crippen LogP contribution in [-0.2, 0) is 17.6 Å². The van der Waals surface area contributed by atoms with Gasteiger partial charge < -0.3 is 11.1 Å². The molecule has 1 rings (SSSR count). The van der Waals surface area contributed by atoms with Crippen molar-refractivity contribution in [2.24, 2.45) is 11.7 Å². The summed E-state index contributed by atoms with van der Waals surface area (Å²) in [7, 11) is 0. The number of amides is 1. The number of anilines is 1. The van der Waals surface area contributed by atoms with Crippen molar-refractivity contribution in [3.63, 3.8) is 0 Å². The molecule has 0 fully saturated rings. The molecule has 1 aromatic rings. The molecule has 0 spiro atoms. The van der Waals surface area contributed by atoms with Gasteiger partial charge in [-0.05, 0) is 30.9 Å². The quantitative estimate of drug-likeness (QED) is 0.804. The number of thiocarbonyl (C=S) groups is 1. The van der Waals surface area contributed by atoms with Crippen LogP contribution < -0.4 is 11.1 Å². The normalized spacial score (nSPS) is 11.9. The molecule has 3 nitrogen and oxygen atoms in total. The Balaban J connectivity index is 3.02. The number of rotatable bonds is 5. The average Bonchev–Trinajstić information content (AvgIpc) is 2.37. The number of benzene rings is 1. The second-order valence-corrected chi connectivity index (χ2v) is 4.74. The third kappa shape index (κ3) is 3.29. The Labute approximate surface area is 114 Å². The maximum atomic E-state index is 12.0. The Morgan fingerprint density at radius 2 is 1.83 bits per heavy atom. The van der Waals surface area contributed by atoms with Crippen LogP contribution in [-0.4, -0.2) is 10.9 Å². The summed E-state index contributed by atoms with van der Waals surface area (Å²) in [4.78, 5) is 12.2. The van der Waals surface area contributed by atoms with E-state index in [1.54, 1.807) is 6.92 Å². The molecule has 4 heteroatoms. The van der Waals surface area contributed by atoms with Crippen LogP contribution in [0.3, 0.4) is 0 Å². The van der Waals surface area contributed by atoms with Gasteiger partial charge in [0.15, 0.2) is 0 Å². The van der Waals surface area contributed by atoms with Crippen molar-refractivity contribution in [2.75, 3.05) is 5.32 Å². The minimum absolute atomic E-state index is 0.141. The molecule has 1 unspecified atom stereocenters. The van der Waals surface area contributed by atoms with Gasteiger partial charge in [-0.25, -0.2) is 0 Å². The Morgan fingerprint density at radius 1 is 1.33 bits per heavy atom. The molecule has 0 aromatic heterocycles. The number of hydrogen-bond donors (Lipinski definition) is 2. The number of hydrogen-bond acceptors (Lipinski definition) is 2. The molecule has 1 aromatic carbocycles. The fraction of sp³-hybridized carbons (Fsp3) is 0.429. The van der Waals surface area contributed by atoms with Crippen LogP contribution in [0.1, 0.15) is 31.9 Å². The maximum Gasteiger partial charge on any atom is 0.234 e. The Hall–Kier alpha value is -1.42. The molecule has 18 heavy (non-hydrogen) atoms. The van der Waals surface area contributed by atoms with Crippen LogP contribution in [0, 0.1) is 5.92 Å². The summed E-state index contributed by atoms with van der Waals surface area (Å²) in [5.74, 6) is -0.590. The van der Waals surface area contributed by atoms with Gasteiger partial charge in [-0.3, -0.25) is 4.79 Å². The predicted octanol–water partition coefficient (Wildman–Crippen LogP) is 2.67. The molecule has 0 aliphatic heterocycles. The van der Waals surface area contributed by atoms with Crippen molar-refractivity contribution in [3.05, 3.63) is 29.3 Å². The SMILES string of the molecule is CCc1cccc(CC)c1NC(=O)C(C)C(N)=S. The molecule has 1 atom stereocenters. The zero-order valence-electron chi connectivity index (χ0n) is 11.1. The zero-order valence-corrected chi connectivity index (χ0v) is 11.9. The molecule has 0 aliphatic carbocycles. The summed E-state index contributed by atoms with van der Waals surface area (Å²) in [5.41, 5.74) is 8.69. The van der Waals surface area contributed by atoms with E-state index in [9.17, 15) is 4.79 Å². The summed E-state index contributed by atoms with van der Waals surface area (Å²) in [5, 5.41) is 2.96. The average molecular weight is 264 g/mol. The number of carbonyl (C=O) groups excluding carboxylic acids is 1.